The van der Waals surface area contributed by atoms with Gasteiger partial charge in [0.2, 0.25) is 0 Å². The molecule has 0 spiro atoms. The van der Waals surface area contributed by atoms with E-state index < -0.39 is 5.97 Å². The molecule has 0 bridgehead atoms. The lowest BCUT2D eigenvalue weighted by Gasteiger charge is -1.97. The number of aliphatic carboxylic acids is 1. The van der Waals surface area contributed by atoms with Crippen LogP contribution in [-0.2, 0) is 4.79 Å². The molecule has 2 aromatic rings. The second-order valence-corrected chi connectivity index (χ2v) is 3.39. The predicted octanol–water partition coefficient (Wildman–Crippen LogP) is 2.39. The van der Waals surface area contributed by atoms with Crippen LogP contribution in [0.4, 0.5) is 0 Å². The quantitative estimate of drug-likeness (QED) is 0.556. The SMILES string of the molecule is N=C/C(=C\c1c[nH]cc1-c1ccoc1)C(=O)O. The minimum atomic E-state index is -1.13. The first-order valence-corrected chi connectivity index (χ1v) is 4.87. The molecule has 0 aliphatic heterocycles. The van der Waals surface area contributed by atoms with Crippen LogP contribution in [-0.4, -0.2) is 22.3 Å². The highest BCUT2D eigenvalue weighted by Crippen LogP contribution is 2.25. The Labute approximate surface area is 96.9 Å². The predicted molar refractivity (Wildman–Crippen MR) is 62.9 cm³/mol. The number of aromatic nitrogens is 1. The largest absolute Gasteiger partial charge is 0.478 e. The molecule has 86 valence electrons. The Hall–Kier alpha value is -2.56. The second-order valence-electron chi connectivity index (χ2n) is 3.39. The number of hydrogen-bond acceptors (Lipinski definition) is 3. The second kappa shape index (κ2) is 4.52. The van der Waals surface area contributed by atoms with Crippen LogP contribution in [0.2, 0.25) is 0 Å². The van der Waals surface area contributed by atoms with Crippen LogP contribution in [0, 0.1) is 5.41 Å². The highest BCUT2D eigenvalue weighted by atomic mass is 16.4. The van der Waals surface area contributed by atoms with E-state index in [-0.39, 0.29) is 5.57 Å². The molecule has 0 unspecified atom stereocenters. The summed E-state index contributed by atoms with van der Waals surface area (Å²) in [6, 6.07) is 1.78. The topological polar surface area (TPSA) is 90.1 Å². The Morgan fingerprint density at radius 1 is 1.47 bits per heavy atom. The smallest absolute Gasteiger partial charge is 0.337 e. The average Bonchev–Trinajstić information content (AvgIpc) is 2.95. The Morgan fingerprint density at radius 2 is 2.29 bits per heavy atom. The molecular weight excluding hydrogens is 220 g/mol. The summed E-state index contributed by atoms with van der Waals surface area (Å²) in [5.41, 5.74) is 2.31. The zero-order valence-electron chi connectivity index (χ0n) is 8.81. The molecular formula is C12H10N2O3. The van der Waals surface area contributed by atoms with Gasteiger partial charge >= 0.3 is 5.97 Å². The zero-order valence-corrected chi connectivity index (χ0v) is 8.81. The van der Waals surface area contributed by atoms with Crippen molar-refractivity contribution in [2.45, 2.75) is 0 Å². The van der Waals surface area contributed by atoms with Crippen LogP contribution in [0.15, 0.2) is 41.0 Å². The van der Waals surface area contributed by atoms with Crippen LogP contribution in [0.1, 0.15) is 5.56 Å². The van der Waals surface area contributed by atoms with Crippen LogP contribution in [0.3, 0.4) is 0 Å². The van der Waals surface area contributed by atoms with Crippen molar-refractivity contribution in [3.05, 3.63) is 42.1 Å². The molecule has 0 aliphatic rings. The number of carboxylic acid groups (broad SMARTS) is 1. The molecule has 5 nitrogen and oxygen atoms in total. The monoisotopic (exact) mass is 230 g/mol. The van der Waals surface area contributed by atoms with E-state index in [0.29, 0.717) is 5.56 Å². The van der Waals surface area contributed by atoms with E-state index in [9.17, 15) is 4.79 Å². The van der Waals surface area contributed by atoms with Gasteiger partial charge in [0.1, 0.15) is 0 Å². The number of carboxylic acids is 1. The van der Waals surface area contributed by atoms with E-state index in [1.807, 2.05) is 0 Å². The molecule has 0 fully saturated rings. The van der Waals surface area contributed by atoms with Crippen molar-refractivity contribution in [1.82, 2.24) is 4.98 Å². The molecule has 5 heteroatoms. The highest BCUT2D eigenvalue weighted by molar-refractivity contribution is 6.12. The molecule has 0 radical (unpaired) electrons. The minimum Gasteiger partial charge on any atom is -0.478 e. The molecule has 3 N–H and O–H groups in total. The van der Waals surface area contributed by atoms with Crippen molar-refractivity contribution in [3.8, 4) is 11.1 Å². The highest BCUT2D eigenvalue weighted by Gasteiger charge is 2.09. The Balaban J connectivity index is 2.45. The van der Waals surface area contributed by atoms with Crippen molar-refractivity contribution in [3.63, 3.8) is 0 Å². The average molecular weight is 230 g/mol. The summed E-state index contributed by atoms with van der Waals surface area (Å²) in [6.45, 7) is 0. The van der Waals surface area contributed by atoms with Crippen LogP contribution < -0.4 is 0 Å². The number of rotatable bonds is 4. The minimum absolute atomic E-state index is 0.0747. The fourth-order valence-electron chi connectivity index (χ4n) is 1.50. The lowest BCUT2D eigenvalue weighted by atomic mass is 10.1. The maximum atomic E-state index is 10.8. The number of hydrogen-bond donors (Lipinski definition) is 3. The van der Waals surface area contributed by atoms with E-state index in [0.717, 1.165) is 17.3 Å². The Morgan fingerprint density at radius 3 is 2.88 bits per heavy atom. The molecule has 2 heterocycles. The molecule has 0 amide bonds. The third-order valence-corrected chi connectivity index (χ3v) is 2.32. The van der Waals surface area contributed by atoms with Crippen molar-refractivity contribution < 1.29 is 14.3 Å². The van der Waals surface area contributed by atoms with Gasteiger partial charge in [0.25, 0.3) is 0 Å². The first-order valence-electron chi connectivity index (χ1n) is 4.87. The van der Waals surface area contributed by atoms with E-state index in [1.165, 1.54) is 6.08 Å². The normalized spacial score (nSPS) is 11.4. The van der Waals surface area contributed by atoms with Gasteiger partial charge in [0.15, 0.2) is 0 Å². The van der Waals surface area contributed by atoms with Crippen molar-refractivity contribution in [2.75, 3.05) is 0 Å². The maximum Gasteiger partial charge on any atom is 0.337 e. The molecule has 2 aromatic heterocycles. The summed E-state index contributed by atoms with van der Waals surface area (Å²) >= 11 is 0. The molecule has 17 heavy (non-hydrogen) atoms. The third kappa shape index (κ3) is 2.17. The first-order chi connectivity index (χ1) is 8.22. The standard InChI is InChI=1S/C12H10N2O3/c13-4-9(12(15)16)3-10-5-14-6-11(10)8-1-2-17-7-8/h1-7,13-14H,(H,15,16)/b9-3+,13-4?. The summed E-state index contributed by atoms with van der Waals surface area (Å²) in [7, 11) is 0. The van der Waals surface area contributed by atoms with E-state index in [4.69, 9.17) is 14.9 Å². The summed E-state index contributed by atoms with van der Waals surface area (Å²) < 4.78 is 4.98. The van der Waals surface area contributed by atoms with E-state index in [2.05, 4.69) is 4.98 Å². The summed E-state index contributed by atoms with van der Waals surface area (Å²) in [5, 5.41) is 15.9. The number of nitrogens with one attached hydrogen (secondary N) is 2. The van der Waals surface area contributed by atoms with Gasteiger partial charge in [0.05, 0.1) is 18.1 Å². The summed E-state index contributed by atoms with van der Waals surface area (Å²) in [6.07, 6.45) is 8.80. The molecule has 2 rings (SSSR count). The van der Waals surface area contributed by atoms with Gasteiger partial charge < -0.3 is 19.9 Å². The lowest BCUT2D eigenvalue weighted by Crippen LogP contribution is -2.00. The maximum absolute atomic E-state index is 10.8. The van der Waals surface area contributed by atoms with Gasteiger partial charge in [-0.3, -0.25) is 0 Å². The van der Waals surface area contributed by atoms with Gasteiger partial charge in [-0.05, 0) is 12.1 Å². The van der Waals surface area contributed by atoms with Crippen LogP contribution >= 0.6 is 0 Å². The van der Waals surface area contributed by atoms with Gasteiger partial charge in [-0.2, -0.15) is 0 Å². The van der Waals surface area contributed by atoms with Gasteiger partial charge in [-0.15, -0.1) is 0 Å². The Bertz CT molecular complexity index is 564. The van der Waals surface area contributed by atoms with E-state index in [1.54, 1.807) is 31.0 Å². The van der Waals surface area contributed by atoms with Crippen LogP contribution in [0.5, 0.6) is 0 Å². The van der Waals surface area contributed by atoms with Gasteiger partial charge in [0, 0.05) is 35.3 Å². The van der Waals surface area contributed by atoms with Crippen molar-refractivity contribution >= 4 is 18.3 Å². The first kappa shape index (κ1) is 10.9. The van der Waals surface area contributed by atoms with Crippen LogP contribution in [0.25, 0.3) is 17.2 Å². The summed E-state index contributed by atoms with van der Waals surface area (Å²) in [5.74, 6) is -1.13. The number of H-pyrrole nitrogens is 1. The van der Waals surface area contributed by atoms with Crippen molar-refractivity contribution in [2.24, 2.45) is 0 Å². The molecule has 0 saturated carbocycles. The number of carbonyl (C=O) groups is 1. The lowest BCUT2D eigenvalue weighted by molar-refractivity contribution is -0.131. The van der Waals surface area contributed by atoms with Gasteiger partial charge in [-0.25, -0.2) is 4.79 Å². The number of aromatic amines is 1. The zero-order chi connectivity index (χ0) is 12.3. The fourth-order valence-corrected chi connectivity index (χ4v) is 1.50. The molecule has 0 atom stereocenters. The van der Waals surface area contributed by atoms with Gasteiger partial charge in [-0.1, -0.05) is 0 Å². The fraction of sp³-hybridized carbons (Fsp3) is 0. The molecule has 0 aromatic carbocycles. The Kier molecular flexibility index (Phi) is 2.91. The third-order valence-electron chi connectivity index (χ3n) is 2.32. The summed E-state index contributed by atoms with van der Waals surface area (Å²) in [4.78, 5) is 13.7. The van der Waals surface area contributed by atoms with E-state index >= 15 is 0 Å². The molecule has 0 saturated heterocycles. The van der Waals surface area contributed by atoms with Crippen molar-refractivity contribution in [1.29, 1.82) is 5.41 Å². The number of furan rings is 1. The molecule has 0 aliphatic carbocycles.